The molecule has 0 saturated carbocycles. The van der Waals surface area contributed by atoms with E-state index in [4.69, 9.17) is 0 Å². The fourth-order valence-corrected chi connectivity index (χ4v) is 2.99. The number of halogens is 1. The summed E-state index contributed by atoms with van der Waals surface area (Å²) in [5, 5.41) is 15.3. The van der Waals surface area contributed by atoms with Crippen molar-refractivity contribution in [2.75, 3.05) is 5.32 Å². The van der Waals surface area contributed by atoms with Gasteiger partial charge in [0.2, 0.25) is 0 Å². The molecule has 5 nitrogen and oxygen atoms in total. The maximum atomic E-state index is 4.13. The van der Waals surface area contributed by atoms with E-state index in [1.165, 1.54) is 5.56 Å². The van der Waals surface area contributed by atoms with Gasteiger partial charge in [0.05, 0.1) is 11.4 Å². The summed E-state index contributed by atoms with van der Waals surface area (Å²) in [4.78, 5) is 0. The highest BCUT2D eigenvalue weighted by molar-refractivity contribution is 9.10. The highest BCUT2D eigenvalue weighted by atomic mass is 79.9. The van der Waals surface area contributed by atoms with Crippen LogP contribution in [-0.2, 0) is 0 Å². The number of hydrogen-bond donors (Lipinski definition) is 1. The van der Waals surface area contributed by atoms with Crippen molar-refractivity contribution >= 4 is 27.6 Å². The van der Waals surface area contributed by atoms with E-state index in [0.29, 0.717) is 5.95 Å². The van der Waals surface area contributed by atoms with Crippen LogP contribution in [0, 0.1) is 20.8 Å². The summed E-state index contributed by atoms with van der Waals surface area (Å²) in [6, 6.07) is 12.2. The Morgan fingerprint density at radius 2 is 1.77 bits per heavy atom. The lowest BCUT2D eigenvalue weighted by Gasteiger charge is -2.12. The fourth-order valence-electron chi connectivity index (χ4n) is 2.40. The highest BCUT2D eigenvalue weighted by Crippen LogP contribution is 2.27. The summed E-state index contributed by atoms with van der Waals surface area (Å²) >= 11 is 3.56. The van der Waals surface area contributed by atoms with Crippen LogP contribution in [0.4, 0.5) is 11.6 Å². The third-order valence-corrected chi connectivity index (χ3v) is 4.15. The first-order chi connectivity index (χ1) is 10.6. The van der Waals surface area contributed by atoms with E-state index in [1.807, 2.05) is 18.2 Å². The lowest BCUT2D eigenvalue weighted by Crippen LogP contribution is -2.07. The lowest BCUT2D eigenvalue weighted by atomic mass is 10.1. The van der Waals surface area contributed by atoms with E-state index in [1.54, 1.807) is 4.68 Å². The third kappa shape index (κ3) is 2.74. The number of nitrogens with one attached hydrogen (secondary N) is 1. The molecule has 1 aromatic heterocycles. The quantitative estimate of drug-likeness (QED) is 0.766. The number of tetrazole rings is 1. The Morgan fingerprint density at radius 1 is 1.05 bits per heavy atom. The zero-order valence-electron chi connectivity index (χ0n) is 12.6. The van der Waals surface area contributed by atoms with Crippen LogP contribution in [-0.4, -0.2) is 20.2 Å². The minimum absolute atomic E-state index is 0.585. The van der Waals surface area contributed by atoms with Crippen LogP contribution >= 0.6 is 15.9 Å². The first-order valence-corrected chi connectivity index (χ1v) is 7.73. The van der Waals surface area contributed by atoms with Gasteiger partial charge in [-0.1, -0.05) is 29.4 Å². The van der Waals surface area contributed by atoms with Crippen molar-refractivity contribution in [3.05, 3.63) is 57.6 Å². The van der Waals surface area contributed by atoms with E-state index < -0.39 is 0 Å². The van der Waals surface area contributed by atoms with E-state index in [9.17, 15) is 0 Å². The maximum absolute atomic E-state index is 4.13. The average Bonchev–Trinajstić information content (AvgIpc) is 2.90. The molecule has 2 aromatic carbocycles. The Balaban J connectivity index is 2.03. The van der Waals surface area contributed by atoms with Gasteiger partial charge < -0.3 is 5.32 Å². The van der Waals surface area contributed by atoms with E-state index in [2.05, 4.69) is 75.7 Å². The van der Waals surface area contributed by atoms with Gasteiger partial charge in [0.25, 0.3) is 5.95 Å². The molecule has 0 aliphatic carbocycles. The predicted molar refractivity (Wildman–Crippen MR) is 90.8 cm³/mol. The van der Waals surface area contributed by atoms with Gasteiger partial charge in [-0.05, 0) is 76.0 Å². The van der Waals surface area contributed by atoms with Crippen molar-refractivity contribution in [1.29, 1.82) is 0 Å². The molecule has 112 valence electrons. The number of benzene rings is 2. The molecular formula is C16H16BrN5. The summed E-state index contributed by atoms with van der Waals surface area (Å²) in [7, 11) is 0. The highest BCUT2D eigenvalue weighted by Gasteiger charge is 2.13. The van der Waals surface area contributed by atoms with Crippen LogP contribution in [0.1, 0.15) is 16.7 Å². The Kier molecular flexibility index (Phi) is 3.94. The molecule has 0 fully saturated rings. The SMILES string of the molecule is Cc1ccc(Nc2nnnn2-c2c(C)cccc2C)c(Br)c1. The van der Waals surface area contributed by atoms with Gasteiger partial charge >= 0.3 is 0 Å². The van der Waals surface area contributed by atoms with Crippen molar-refractivity contribution in [3.63, 3.8) is 0 Å². The summed E-state index contributed by atoms with van der Waals surface area (Å²) < 4.78 is 2.71. The molecule has 6 heteroatoms. The second-order valence-electron chi connectivity index (χ2n) is 5.26. The molecular weight excluding hydrogens is 342 g/mol. The number of hydrogen-bond acceptors (Lipinski definition) is 4. The molecule has 0 saturated heterocycles. The summed E-state index contributed by atoms with van der Waals surface area (Å²) in [6.45, 7) is 6.15. The Bertz CT molecular complexity index is 805. The minimum Gasteiger partial charge on any atom is -0.322 e. The molecule has 1 N–H and O–H groups in total. The molecule has 3 aromatic rings. The van der Waals surface area contributed by atoms with E-state index >= 15 is 0 Å². The molecule has 0 amide bonds. The topological polar surface area (TPSA) is 55.6 Å². The molecule has 0 spiro atoms. The number of nitrogens with zero attached hydrogens (tertiary/aromatic N) is 4. The molecule has 0 aliphatic rings. The van der Waals surface area contributed by atoms with E-state index in [0.717, 1.165) is 27.0 Å². The fraction of sp³-hybridized carbons (Fsp3) is 0.188. The maximum Gasteiger partial charge on any atom is 0.252 e. The molecule has 0 radical (unpaired) electrons. The minimum atomic E-state index is 0.585. The number of aryl methyl sites for hydroxylation is 3. The molecule has 3 rings (SSSR count). The third-order valence-electron chi connectivity index (χ3n) is 3.49. The molecule has 22 heavy (non-hydrogen) atoms. The van der Waals surface area contributed by atoms with Crippen molar-refractivity contribution in [2.45, 2.75) is 20.8 Å². The first-order valence-electron chi connectivity index (χ1n) is 6.94. The van der Waals surface area contributed by atoms with Crippen LogP contribution < -0.4 is 5.32 Å². The van der Waals surface area contributed by atoms with Crippen LogP contribution in [0.5, 0.6) is 0 Å². The van der Waals surface area contributed by atoms with Gasteiger partial charge in [0.15, 0.2) is 0 Å². The smallest absolute Gasteiger partial charge is 0.252 e. The van der Waals surface area contributed by atoms with Crippen molar-refractivity contribution < 1.29 is 0 Å². The van der Waals surface area contributed by atoms with Crippen molar-refractivity contribution in [3.8, 4) is 5.69 Å². The Morgan fingerprint density at radius 3 is 2.45 bits per heavy atom. The van der Waals surface area contributed by atoms with E-state index in [-0.39, 0.29) is 0 Å². The van der Waals surface area contributed by atoms with Crippen LogP contribution in [0.15, 0.2) is 40.9 Å². The zero-order valence-corrected chi connectivity index (χ0v) is 14.2. The van der Waals surface area contributed by atoms with Crippen molar-refractivity contribution in [1.82, 2.24) is 20.2 Å². The number of aromatic nitrogens is 4. The second kappa shape index (κ2) is 5.88. The Hall–Kier alpha value is -2.21. The van der Waals surface area contributed by atoms with Crippen LogP contribution in [0.3, 0.4) is 0 Å². The first kappa shape index (κ1) is 14.7. The normalized spacial score (nSPS) is 10.7. The van der Waals surface area contributed by atoms with Gasteiger partial charge in [0, 0.05) is 4.47 Å². The van der Waals surface area contributed by atoms with Gasteiger partial charge in [-0.3, -0.25) is 0 Å². The monoisotopic (exact) mass is 357 g/mol. The Labute approximate surface area is 137 Å². The summed E-state index contributed by atoms with van der Waals surface area (Å²) in [5.74, 6) is 0.585. The molecule has 0 bridgehead atoms. The second-order valence-corrected chi connectivity index (χ2v) is 6.12. The van der Waals surface area contributed by atoms with Gasteiger partial charge in [-0.25, -0.2) is 0 Å². The van der Waals surface area contributed by atoms with Gasteiger partial charge in [-0.2, -0.15) is 4.68 Å². The van der Waals surface area contributed by atoms with Gasteiger partial charge in [-0.15, -0.1) is 0 Å². The largest absolute Gasteiger partial charge is 0.322 e. The summed E-state index contributed by atoms with van der Waals surface area (Å²) in [6.07, 6.45) is 0. The molecule has 0 unspecified atom stereocenters. The number of para-hydroxylation sites is 1. The number of anilines is 2. The van der Waals surface area contributed by atoms with Gasteiger partial charge in [0.1, 0.15) is 0 Å². The average molecular weight is 358 g/mol. The van der Waals surface area contributed by atoms with Crippen LogP contribution in [0.25, 0.3) is 5.69 Å². The summed E-state index contributed by atoms with van der Waals surface area (Å²) in [5.41, 5.74) is 5.36. The molecule has 1 heterocycles. The molecule has 0 atom stereocenters. The predicted octanol–water partition coefficient (Wildman–Crippen LogP) is 4.09. The number of rotatable bonds is 3. The van der Waals surface area contributed by atoms with Crippen molar-refractivity contribution in [2.24, 2.45) is 0 Å². The lowest BCUT2D eigenvalue weighted by molar-refractivity contribution is 0.784. The zero-order chi connectivity index (χ0) is 15.7. The molecule has 0 aliphatic heterocycles. The van der Waals surface area contributed by atoms with Crippen LogP contribution in [0.2, 0.25) is 0 Å². The standard InChI is InChI=1S/C16H16BrN5/c1-10-7-8-14(13(17)9-10)18-16-19-20-21-22(16)15-11(2)5-4-6-12(15)3/h4-9H,1-3H3,(H,18,19,21).